The molecule has 1 unspecified atom stereocenters. The molecule has 4 heteroatoms. The van der Waals surface area contributed by atoms with E-state index in [0.717, 1.165) is 21.3 Å². The van der Waals surface area contributed by atoms with Crippen LogP contribution in [0.5, 0.6) is 0 Å². The van der Waals surface area contributed by atoms with Crippen molar-refractivity contribution in [2.45, 2.75) is 19.9 Å². The largest absolute Gasteiger partial charge is 0.464 e. The van der Waals surface area contributed by atoms with Crippen molar-refractivity contribution in [1.29, 1.82) is 0 Å². The van der Waals surface area contributed by atoms with Crippen molar-refractivity contribution in [3.05, 3.63) is 64.1 Å². The number of aryl methyl sites for hydroxylation is 1. The standard InChI is InChI=1S/C17H18BrNO2/c1-3-21-17(20)16(13-7-5-4-6-8-13)19-15-11-12(2)9-10-14(15)18/h4-11,16,19H,3H2,1-2H3. The van der Waals surface area contributed by atoms with Crippen LogP contribution in [0.4, 0.5) is 5.69 Å². The molecule has 0 heterocycles. The fraction of sp³-hybridized carbons (Fsp3) is 0.235. The number of ether oxygens (including phenoxy) is 1. The van der Waals surface area contributed by atoms with Crippen LogP contribution in [0.2, 0.25) is 0 Å². The molecule has 3 nitrogen and oxygen atoms in total. The first-order valence-corrected chi connectivity index (χ1v) is 7.65. The van der Waals surface area contributed by atoms with Gasteiger partial charge in [-0.05, 0) is 53.0 Å². The molecule has 2 aromatic rings. The Morgan fingerprint density at radius 3 is 2.62 bits per heavy atom. The van der Waals surface area contributed by atoms with Gasteiger partial charge in [0.2, 0.25) is 0 Å². The predicted molar refractivity (Wildman–Crippen MR) is 88.3 cm³/mol. The minimum atomic E-state index is -0.524. The van der Waals surface area contributed by atoms with Crippen LogP contribution in [0.3, 0.4) is 0 Å². The van der Waals surface area contributed by atoms with Gasteiger partial charge in [0, 0.05) is 10.2 Å². The maximum absolute atomic E-state index is 12.2. The summed E-state index contributed by atoms with van der Waals surface area (Å²) in [5.41, 5.74) is 2.87. The van der Waals surface area contributed by atoms with Gasteiger partial charge in [-0.25, -0.2) is 4.79 Å². The average molecular weight is 348 g/mol. The quantitative estimate of drug-likeness (QED) is 0.810. The lowest BCUT2D eigenvalue weighted by Crippen LogP contribution is -2.23. The van der Waals surface area contributed by atoms with Crippen molar-refractivity contribution in [1.82, 2.24) is 0 Å². The fourth-order valence-electron chi connectivity index (χ4n) is 2.05. The fourth-order valence-corrected chi connectivity index (χ4v) is 2.42. The van der Waals surface area contributed by atoms with E-state index in [-0.39, 0.29) is 5.97 Å². The van der Waals surface area contributed by atoms with Crippen LogP contribution in [0.15, 0.2) is 53.0 Å². The van der Waals surface area contributed by atoms with Crippen molar-refractivity contribution >= 4 is 27.6 Å². The van der Waals surface area contributed by atoms with E-state index < -0.39 is 6.04 Å². The molecule has 0 spiro atoms. The Labute approximate surface area is 133 Å². The normalized spacial score (nSPS) is 11.8. The average Bonchev–Trinajstić information content (AvgIpc) is 2.49. The maximum atomic E-state index is 12.2. The molecular formula is C17H18BrNO2. The number of hydrogen-bond acceptors (Lipinski definition) is 3. The zero-order chi connectivity index (χ0) is 15.2. The summed E-state index contributed by atoms with van der Waals surface area (Å²) >= 11 is 3.50. The number of esters is 1. The number of rotatable bonds is 5. The molecule has 0 aromatic heterocycles. The van der Waals surface area contributed by atoms with Gasteiger partial charge in [-0.2, -0.15) is 0 Å². The van der Waals surface area contributed by atoms with Crippen LogP contribution in [-0.2, 0) is 9.53 Å². The van der Waals surface area contributed by atoms with Crippen molar-refractivity contribution in [2.24, 2.45) is 0 Å². The highest BCUT2D eigenvalue weighted by molar-refractivity contribution is 9.10. The third-order valence-electron chi connectivity index (χ3n) is 3.08. The van der Waals surface area contributed by atoms with Crippen LogP contribution in [0.25, 0.3) is 0 Å². The van der Waals surface area contributed by atoms with Gasteiger partial charge in [-0.1, -0.05) is 36.4 Å². The second-order valence-electron chi connectivity index (χ2n) is 4.72. The molecule has 0 bridgehead atoms. The summed E-state index contributed by atoms with van der Waals surface area (Å²) in [7, 11) is 0. The number of benzene rings is 2. The molecule has 0 aliphatic heterocycles. The van der Waals surface area contributed by atoms with Gasteiger partial charge < -0.3 is 10.1 Å². The van der Waals surface area contributed by atoms with Crippen LogP contribution >= 0.6 is 15.9 Å². The van der Waals surface area contributed by atoms with E-state index in [2.05, 4.69) is 21.2 Å². The van der Waals surface area contributed by atoms with Crippen LogP contribution in [0, 0.1) is 6.92 Å². The number of anilines is 1. The Bertz CT molecular complexity index is 613. The summed E-state index contributed by atoms with van der Waals surface area (Å²) < 4.78 is 6.10. The van der Waals surface area contributed by atoms with Crippen LogP contribution < -0.4 is 5.32 Å². The molecule has 0 radical (unpaired) electrons. The van der Waals surface area contributed by atoms with E-state index in [0.29, 0.717) is 6.61 Å². The molecule has 110 valence electrons. The second kappa shape index (κ2) is 7.27. The van der Waals surface area contributed by atoms with E-state index in [4.69, 9.17) is 4.74 Å². The van der Waals surface area contributed by atoms with Crippen molar-refractivity contribution in [3.8, 4) is 0 Å². The number of nitrogens with one attached hydrogen (secondary N) is 1. The number of hydrogen-bond donors (Lipinski definition) is 1. The molecule has 0 fully saturated rings. The first-order valence-electron chi connectivity index (χ1n) is 6.86. The third-order valence-corrected chi connectivity index (χ3v) is 3.77. The third kappa shape index (κ3) is 4.08. The number of halogens is 1. The second-order valence-corrected chi connectivity index (χ2v) is 5.58. The Hall–Kier alpha value is -1.81. The van der Waals surface area contributed by atoms with Crippen molar-refractivity contribution in [2.75, 3.05) is 11.9 Å². The molecule has 0 aliphatic carbocycles. The van der Waals surface area contributed by atoms with Gasteiger partial charge in [0.15, 0.2) is 6.04 Å². The zero-order valence-corrected chi connectivity index (χ0v) is 13.7. The monoisotopic (exact) mass is 347 g/mol. The summed E-state index contributed by atoms with van der Waals surface area (Å²) in [5, 5.41) is 3.27. The van der Waals surface area contributed by atoms with Gasteiger partial charge in [-0.3, -0.25) is 0 Å². The Morgan fingerprint density at radius 1 is 1.24 bits per heavy atom. The predicted octanol–water partition coefficient (Wildman–Crippen LogP) is 4.47. The Kier molecular flexibility index (Phi) is 5.39. The Balaban J connectivity index is 2.32. The summed E-state index contributed by atoms with van der Waals surface area (Å²) in [6.45, 7) is 4.18. The first-order chi connectivity index (χ1) is 10.1. The topological polar surface area (TPSA) is 38.3 Å². The summed E-state index contributed by atoms with van der Waals surface area (Å²) in [4.78, 5) is 12.2. The molecule has 21 heavy (non-hydrogen) atoms. The lowest BCUT2D eigenvalue weighted by Gasteiger charge is -2.20. The Morgan fingerprint density at radius 2 is 1.95 bits per heavy atom. The van der Waals surface area contributed by atoms with E-state index in [1.54, 1.807) is 0 Å². The molecule has 0 saturated carbocycles. The van der Waals surface area contributed by atoms with E-state index >= 15 is 0 Å². The van der Waals surface area contributed by atoms with E-state index in [1.165, 1.54) is 0 Å². The molecule has 2 rings (SSSR count). The maximum Gasteiger partial charge on any atom is 0.333 e. The smallest absolute Gasteiger partial charge is 0.333 e. The number of carbonyl (C=O) groups excluding carboxylic acids is 1. The molecule has 0 aliphatic rings. The lowest BCUT2D eigenvalue weighted by atomic mass is 10.1. The van der Waals surface area contributed by atoms with Gasteiger partial charge in [0.05, 0.1) is 6.61 Å². The molecular weight excluding hydrogens is 330 g/mol. The highest BCUT2D eigenvalue weighted by Crippen LogP contribution is 2.28. The minimum absolute atomic E-state index is 0.280. The molecule has 1 atom stereocenters. The SMILES string of the molecule is CCOC(=O)C(Nc1cc(C)ccc1Br)c1ccccc1. The van der Waals surface area contributed by atoms with Gasteiger partial charge in [0.25, 0.3) is 0 Å². The first kappa shape index (κ1) is 15.6. The zero-order valence-electron chi connectivity index (χ0n) is 12.1. The minimum Gasteiger partial charge on any atom is -0.464 e. The molecule has 2 aromatic carbocycles. The lowest BCUT2D eigenvalue weighted by molar-refractivity contribution is -0.144. The van der Waals surface area contributed by atoms with Gasteiger partial charge in [-0.15, -0.1) is 0 Å². The van der Waals surface area contributed by atoms with Crippen molar-refractivity contribution in [3.63, 3.8) is 0 Å². The molecule has 0 amide bonds. The molecule has 1 N–H and O–H groups in total. The van der Waals surface area contributed by atoms with Gasteiger partial charge in [0.1, 0.15) is 0 Å². The highest BCUT2D eigenvalue weighted by Gasteiger charge is 2.22. The van der Waals surface area contributed by atoms with Gasteiger partial charge >= 0.3 is 5.97 Å². The van der Waals surface area contributed by atoms with Crippen molar-refractivity contribution < 1.29 is 9.53 Å². The van der Waals surface area contributed by atoms with Crippen LogP contribution in [-0.4, -0.2) is 12.6 Å². The van der Waals surface area contributed by atoms with Crippen LogP contribution in [0.1, 0.15) is 24.1 Å². The van der Waals surface area contributed by atoms with E-state index in [1.807, 2.05) is 62.4 Å². The summed E-state index contributed by atoms with van der Waals surface area (Å²) in [6, 6.07) is 15.0. The number of carbonyl (C=O) groups is 1. The summed E-state index contributed by atoms with van der Waals surface area (Å²) in [5.74, 6) is -0.280. The molecule has 0 saturated heterocycles. The van der Waals surface area contributed by atoms with E-state index in [9.17, 15) is 4.79 Å². The summed E-state index contributed by atoms with van der Waals surface area (Å²) in [6.07, 6.45) is 0. The highest BCUT2D eigenvalue weighted by atomic mass is 79.9.